The zero-order chi connectivity index (χ0) is 13.4. The van der Waals surface area contributed by atoms with E-state index in [9.17, 15) is 0 Å². The van der Waals surface area contributed by atoms with E-state index in [2.05, 4.69) is 28.8 Å². The van der Waals surface area contributed by atoms with Crippen LogP contribution >= 0.6 is 0 Å². The van der Waals surface area contributed by atoms with Crippen LogP contribution < -0.4 is 11.3 Å². The number of aromatic nitrogens is 2. The van der Waals surface area contributed by atoms with Crippen LogP contribution in [-0.2, 0) is 17.7 Å². The molecule has 0 aliphatic heterocycles. The highest BCUT2D eigenvalue weighted by atomic mass is 16.5. The first-order chi connectivity index (χ1) is 8.76. The average molecular weight is 254 g/mol. The Morgan fingerprint density at radius 2 is 2.22 bits per heavy atom. The molecule has 5 nitrogen and oxygen atoms in total. The van der Waals surface area contributed by atoms with Crippen molar-refractivity contribution >= 4 is 0 Å². The number of ether oxygens (including phenoxy) is 1. The number of nitrogens with zero attached hydrogens (tertiary/aromatic N) is 2. The van der Waals surface area contributed by atoms with Gasteiger partial charge in [0, 0.05) is 32.0 Å². The quantitative estimate of drug-likeness (QED) is 0.517. The lowest BCUT2D eigenvalue weighted by Gasteiger charge is -2.25. The van der Waals surface area contributed by atoms with Gasteiger partial charge >= 0.3 is 0 Å². The highest BCUT2D eigenvalue weighted by Gasteiger charge is 2.21. The van der Waals surface area contributed by atoms with E-state index in [0.29, 0.717) is 6.61 Å². The summed E-state index contributed by atoms with van der Waals surface area (Å²) in [7, 11) is 0. The maximum absolute atomic E-state index is 5.71. The molecule has 0 saturated heterocycles. The van der Waals surface area contributed by atoms with Gasteiger partial charge in [-0.25, -0.2) is 4.98 Å². The molecule has 0 aliphatic rings. The smallest absolute Gasteiger partial charge is 0.110 e. The van der Waals surface area contributed by atoms with Crippen LogP contribution in [0.15, 0.2) is 12.4 Å². The van der Waals surface area contributed by atoms with Gasteiger partial charge in [-0.15, -0.1) is 0 Å². The topological polar surface area (TPSA) is 65.1 Å². The SMILES string of the molecule is CCCn1ccnc1CC(NN)C(CC)OCC. The lowest BCUT2D eigenvalue weighted by atomic mass is 10.1. The number of imidazole rings is 1. The minimum Gasteiger partial charge on any atom is -0.377 e. The molecule has 0 fully saturated rings. The van der Waals surface area contributed by atoms with Gasteiger partial charge in [0.1, 0.15) is 5.82 Å². The zero-order valence-corrected chi connectivity index (χ0v) is 11.7. The van der Waals surface area contributed by atoms with Crippen LogP contribution in [0, 0.1) is 0 Å². The second kappa shape index (κ2) is 8.24. The summed E-state index contributed by atoms with van der Waals surface area (Å²) in [5.41, 5.74) is 2.87. The third kappa shape index (κ3) is 4.08. The predicted octanol–water partition coefficient (Wildman–Crippen LogP) is 1.48. The molecule has 2 unspecified atom stereocenters. The van der Waals surface area contributed by atoms with E-state index in [1.165, 1.54) is 0 Å². The van der Waals surface area contributed by atoms with Gasteiger partial charge in [-0.2, -0.15) is 0 Å². The summed E-state index contributed by atoms with van der Waals surface area (Å²) in [5, 5.41) is 0. The van der Waals surface area contributed by atoms with Crippen molar-refractivity contribution < 1.29 is 4.74 Å². The fraction of sp³-hybridized carbons (Fsp3) is 0.769. The summed E-state index contributed by atoms with van der Waals surface area (Å²) in [5.74, 6) is 6.72. The maximum Gasteiger partial charge on any atom is 0.110 e. The molecular formula is C13H26N4O. The molecular weight excluding hydrogens is 228 g/mol. The number of nitrogens with two attached hydrogens (primary N) is 1. The van der Waals surface area contributed by atoms with Crippen LogP contribution in [0.3, 0.4) is 0 Å². The second-order valence-electron chi connectivity index (χ2n) is 4.42. The number of hydrogen-bond acceptors (Lipinski definition) is 4. The Balaban J connectivity index is 2.68. The minimum atomic E-state index is 0.105. The number of nitrogens with one attached hydrogen (secondary N) is 1. The van der Waals surface area contributed by atoms with Crippen molar-refractivity contribution in [3.05, 3.63) is 18.2 Å². The Bertz CT molecular complexity index is 327. The molecule has 3 N–H and O–H groups in total. The van der Waals surface area contributed by atoms with E-state index in [0.717, 1.165) is 31.6 Å². The lowest BCUT2D eigenvalue weighted by molar-refractivity contribution is 0.0312. The fourth-order valence-corrected chi connectivity index (χ4v) is 2.20. The van der Waals surface area contributed by atoms with Gasteiger partial charge in [-0.1, -0.05) is 13.8 Å². The normalized spacial score (nSPS) is 14.7. The molecule has 104 valence electrons. The van der Waals surface area contributed by atoms with Crippen molar-refractivity contribution in [3.8, 4) is 0 Å². The first-order valence-electron chi connectivity index (χ1n) is 6.84. The Morgan fingerprint density at radius 3 is 2.78 bits per heavy atom. The Morgan fingerprint density at radius 1 is 1.44 bits per heavy atom. The van der Waals surface area contributed by atoms with E-state index < -0.39 is 0 Å². The molecule has 5 heteroatoms. The molecule has 1 rings (SSSR count). The van der Waals surface area contributed by atoms with E-state index in [-0.39, 0.29) is 12.1 Å². The number of hydrogen-bond donors (Lipinski definition) is 2. The summed E-state index contributed by atoms with van der Waals surface area (Å²) in [6, 6.07) is 0.105. The monoisotopic (exact) mass is 254 g/mol. The molecule has 0 bridgehead atoms. The average Bonchev–Trinajstić information content (AvgIpc) is 2.81. The van der Waals surface area contributed by atoms with E-state index >= 15 is 0 Å². The largest absolute Gasteiger partial charge is 0.377 e. The zero-order valence-electron chi connectivity index (χ0n) is 11.7. The summed E-state index contributed by atoms with van der Waals surface area (Å²) < 4.78 is 7.90. The Kier molecular flexibility index (Phi) is 6.93. The summed E-state index contributed by atoms with van der Waals surface area (Å²) >= 11 is 0. The molecule has 2 atom stereocenters. The Labute approximate surface area is 110 Å². The third-order valence-electron chi connectivity index (χ3n) is 3.11. The van der Waals surface area contributed by atoms with Crippen LogP contribution in [0.4, 0.5) is 0 Å². The van der Waals surface area contributed by atoms with Crippen LogP contribution in [0.5, 0.6) is 0 Å². The van der Waals surface area contributed by atoms with Gasteiger partial charge in [-0.05, 0) is 19.8 Å². The fourth-order valence-electron chi connectivity index (χ4n) is 2.20. The molecule has 1 heterocycles. The molecule has 0 spiro atoms. The number of aryl methyl sites for hydroxylation is 1. The molecule has 1 aromatic rings. The van der Waals surface area contributed by atoms with E-state index in [1.807, 2.05) is 19.3 Å². The van der Waals surface area contributed by atoms with Gasteiger partial charge in [0.05, 0.1) is 12.1 Å². The Hall–Kier alpha value is -0.910. The highest BCUT2D eigenvalue weighted by molar-refractivity contribution is 4.97. The summed E-state index contributed by atoms with van der Waals surface area (Å²) in [6.07, 6.45) is 6.84. The van der Waals surface area contributed by atoms with Gasteiger partial charge in [0.15, 0.2) is 0 Å². The standard InChI is InChI=1S/C13H26N4O/c1-4-8-17-9-7-15-13(17)10-11(16-14)12(5-2)18-6-3/h7,9,11-12,16H,4-6,8,10,14H2,1-3H3. The van der Waals surface area contributed by atoms with Crippen LogP contribution in [0.2, 0.25) is 0 Å². The molecule has 0 amide bonds. The van der Waals surface area contributed by atoms with Gasteiger partial charge in [-0.3, -0.25) is 11.3 Å². The predicted molar refractivity (Wildman–Crippen MR) is 73.0 cm³/mol. The van der Waals surface area contributed by atoms with Crippen molar-refractivity contribution in [2.45, 2.75) is 58.7 Å². The van der Waals surface area contributed by atoms with Crippen LogP contribution in [-0.4, -0.2) is 28.3 Å². The van der Waals surface area contributed by atoms with Crippen molar-refractivity contribution in [2.24, 2.45) is 5.84 Å². The number of rotatable bonds is 9. The summed E-state index contributed by atoms with van der Waals surface area (Å²) in [4.78, 5) is 4.41. The van der Waals surface area contributed by atoms with Crippen molar-refractivity contribution in [1.29, 1.82) is 0 Å². The van der Waals surface area contributed by atoms with Crippen LogP contribution in [0.25, 0.3) is 0 Å². The van der Waals surface area contributed by atoms with Crippen molar-refractivity contribution in [2.75, 3.05) is 6.61 Å². The van der Waals surface area contributed by atoms with Crippen LogP contribution in [0.1, 0.15) is 39.4 Å². The second-order valence-corrected chi connectivity index (χ2v) is 4.42. The molecule has 0 saturated carbocycles. The molecule has 1 aromatic heterocycles. The molecule has 0 aliphatic carbocycles. The highest BCUT2D eigenvalue weighted by Crippen LogP contribution is 2.10. The van der Waals surface area contributed by atoms with Crippen molar-refractivity contribution in [1.82, 2.24) is 15.0 Å². The van der Waals surface area contributed by atoms with Gasteiger partial charge < -0.3 is 9.30 Å². The molecule has 0 radical (unpaired) electrons. The molecule has 18 heavy (non-hydrogen) atoms. The van der Waals surface area contributed by atoms with Gasteiger partial charge in [0.2, 0.25) is 0 Å². The minimum absolute atomic E-state index is 0.105. The van der Waals surface area contributed by atoms with Gasteiger partial charge in [0.25, 0.3) is 0 Å². The number of hydrazine groups is 1. The first-order valence-corrected chi connectivity index (χ1v) is 6.84. The summed E-state index contributed by atoms with van der Waals surface area (Å²) in [6.45, 7) is 7.99. The third-order valence-corrected chi connectivity index (χ3v) is 3.11. The van der Waals surface area contributed by atoms with E-state index in [4.69, 9.17) is 10.6 Å². The maximum atomic E-state index is 5.71. The molecule has 0 aromatic carbocycles. The lowest BCUT2D eigenvalue weighted by Crippen LogP contribution is -2.46. The van der Waals surface area contributed by atoms with E-state index in [1.54, 1.807) is 0 Å². The van der Waals surface area contributed by atoms with Crippen molar-refractivity contribution in [3.63, 3.8) is 0 Å². The first kappa shape index (κ1) is 15.1.